The first-order valence-electron chi connectivity index (χ1n) is 5.54. The molecule has 0 radical (unpaired) electrons. The van der Waals surface area contributed by atoms with E-state index < -0.39 is 0 Å². The number of carbonyl (C=O) groups is 1. The van der Waals surface area contributed by atoms with Crippen LogP contribution in [0.25, 0.3) is 0 Å². The molecule has 0 aliphatic rings. The predicted octanol–water partition coefficient (Wildman–Crippen LogP) is 0.643. The van der Waals surface area contributed by atoms with E-state index >= 15 is 0 Å². The van der Waals surface area contributed by atoms with Crippen LogP contribution in [0.1, 0.15) is 5.56 Å². The second-order valence-electron chi connectivity index (χ2n) is 4.26. The number of aromatic nitrogens is 1. The van der Waals surface area contributed by atoms with E-state index in [-0.39, 0.29) is 5.91 Å². The first-order chi connectivity index (χ1) is 8.02. The fourth-order valence-electron chi connectivity index (χ4n) is 1.41. The van der Waals surface area contributed by atoms with Crippen LogP contribution in [0, 0.1) is 0 Å². The van der Waals surface area contributed by atoms with Crippen molar-refractivity contribution < 1.29 is 4.79 Å². The summed E-state index contributed by atoms with van der Waals surface area (Å²) in [5.74, 6) is 0.952. The molecule has 1 heterocycles. The van der Waals surface area contributed by atoms with Gasteiger partial charge in [-0.25, -0.2) is 4.98 Å². The van der Waals surface area contributed by atoms with E-state index in [1.54, 1.807) is 19.0 Å². The zero-order valence-electron chi connectivity index (χ0n) is 10.9. The maximum absolute atomic E-state index is 11.5. The minimum Gasteiger partial charge on any atom is -0.373 e. The van der Waals surface area contributed by atoms with E-state index in [0.717, 1.165) is 17.9 Å². The molecule has 0 aliphatic heterocycles. The second-order valence-corrected chi connectivity index (χ2v) is 4.26. The van der Waals surface area contributed by atoms with Crippen molar-refractivity contribution in [1.29, 1.82) is 0 Å². The summed E-state index contributed by atoms with van der Waals surface area (Å²) in [5.41, 5.74) is 1.10. The third-order valence-corrected chi connectivity index (χ3v) is 2.44. The summed E-state index contributed by atoms with van der Waals surface area (Å²) in [6.07, 6.45) is 1.82. The Balaban J connectivity index is 2.50. The molecule has 1 rings (SSSR count). The lowest BCUT2D eigenvalue weighted by molar-refractivity contribution is -0.129. The average Bonchev–Trinajstić information content (AvgIpc) is 2.29. The van der Waals surface area contributed by atoms with E-state index in [2.05, 4.69) is 10.3 Å². The van der Waals surface area contributed by atoms with Gasteiger partial charge in [0.25, 0.3) is 0 Å². The first kappa shape index (κ1) is 13.4. The summed E-state index contributed by atoms with van der Waals surface area (Å²) in [5, 5.41) is 2.97. The van der Waals surface area contributed by atoms with Gasteiger partial charge in [0, 0.05) is 33.9 Å². The molecule has 0 saturated heterocycles. The summed E-state index contributed by atoms with van der Waals surface area (Å²) in [6, 6.07) is 3.94. The molecule has 0 bridgehead atoms. The topological polar surface area (TPSA) is 48.5 Å². The van der Waals surface area contributed by atoms with Gasteiger partial charge >= 0.3 is 0 Å². The van der Waals surface area contributed by atoms with Crippen LogP contribution in [0.3, 0.4) is 0 Å². The molecule has 0 fully saturated rings. The van der Waals surface area contributed by atoms with Crippen LogP contribution in [0.2, 0.25) is 0 Å². The fourth-order valence-corrected chi connectivity index (χ4v) is 1.41. The van der Waals surface area contributed by atoms with Gasteiger partial charge < -0.3 is 10.2 Å². The fraction of sp³-hybridized carbons (Fsp3) is 0.500. The van der Waals surface area contributed by atoms with Gasteiger partial charge in [0.05, 0.1) is 6.54 Å². The number of hydrogen-bond acceptors (Lipinski definition) is 4. The highest BCUT2D eigenvalue weighted by Gasteiger charge is 2.08. The van der Waals surface area contributed by atoms with Crippen LogP contribution in [0.4, 0.5) is 5.82 Å². The molecule has 17 heavy (non-hydrogen) atoms. The normalized spacial score (nSPS) is 10.4. The van der Waals surface area contributed by atoms with Gasteiger partial charge in [0.2, 0.25) is 5.91 Å². The molecule has 0 spiro atoms. The summed E-state index contributed by atoms with van der Waals surface area (Å²) >= 11 is 0. The van der Waals surface area contributed by atoms with Gasteiger partial charge in [0.1, 0.15) is 5.82 Å². The Bertz CT molecular complexity index is 361. The molecule has 0 aliphatic carbocycles. The van der Waals surface area contributed by atoms with Crippen molar-refractivity contribution in [3.63, 3.8) is 0 Å². The van der Waals surface area contributed by atoms with Crippen LogP contribution in [-0.4, -0.2) is 55.4 Å². The second kappa shape index (κ2) is 6.20. The van der Waals surface area contributed by atoms with Crippen LogP contribution in [0.15, 0.2) is 18.3 Å². The number of carbonyl (C=O) groups excluding carboxylic acids is 1. The third kappa shape index (κ3) is 4.40. The van der Waals surface area contributed by atoms with E-state index in [0.29, 0.717) is 6.54 Å². The lowest BCUT2D eigenvalue weighted by atomic mass is 10.2. The Morgan fingerprint density at radius 1 is 1.35 bits per heavy atom. The number of anilines is 1. The molecule has 0 unspecified atom stereocenters. The smallest absolute Gasteiger partial charge is 0.236 e. The quantitative estimate of drug-likeness (QED) is 0.815. The van der Waals surface area contributed by atoms with Crippen LogP contribution < -0.4 is 5.32 Å². The molecule has 0 atom stereocenters. The predicted molar refractivity (Wildman–Crippen MR) is 68.8 cm³/mol. The van der Waals surface area contributed by atoms with Crippen molar-refractivity contribution in [2.45, 2.75) is 6.54 Å². The van der Waals surface area contributed by atoms with Crippen molar-refractivity contribution in [1.82, 2.24) is 14.8 Å². The highest BCUT2D eigenvalue weighted by atomic mass is 16.2. The Hall–Kier alpha value is -1.62. The van der Waals surface area contributed by atoms with E-state index in [4.69, 9.17) is 0 Å². The Kier molecular flexibility index (Phi) is 4.90. The maximum Gasteiger partial charge on any atom is 0.236 e. The van der Waals surface area contributed by atoms with Gasteiger partial charge in [-0.1, -0.05) is 6.07 Å². The molecule has 94 valence electrons. The Labute approximate surface area is 102 Å². The molecular weight excluding hydrogens is 216 g/mol. The Morgan fingerprint density at radius 3 is 2.53 bits per heavy atom. The highest BCUT2D eigenvalue weighted by Crippen LogP contribution is 2.06. The number of amides is 1. The largest absolute Gasteiger partial charge is 0.373 e. The maximum atomic E-state index is 11.5. The lowest BCUT2D eigenvalue weighted by Gasteiger charge is -2.18. The highest BCUT2D eigenvalue weighted by molar-refractivity contribution is 5.77. The van der Waals surface area contributed by atoms with Gasteiger partial charge in [-0.3, -0.25) is 9.69 Å². The lowest BCUT2D eigenvalue weighted by Crippen LogP contribution is -2.34. The number of rotatable bonds is 5. The van der Waals surface area contributed by atoms with Crippen molar-refractivity contribution in [3.8, 4) is 0 Å². The summed E-state index contributed by atoms with van der Waals surface area (Å²) in [4.78, 5) is 19.3. The monoisotopic (exact) mass is 236 g/mol. The van der Waals surface area contributed by atoms with E-state index in [1.165, 1.54) is 0 Å². The summed E-state index contributed by atoms with van der Waals surface area (Å²) in [7, 11) is 7.29. The van der Waals surface area contributed by atoms with Gasteiger partial charge in [-0.15, -0.1) is 0 Å². The van der Waals surface area contributed by atoms with Crippen molar-refractivity contribution >= 4 is 11.7 Å². The minimum atomic E-state index is 0.104. The standard InChI is InChI=1S/C12H20N4O/c1-13-11-6-5-10(7-14-11)8-16(4)9-12(17)15(2)3/h5-7H,8-9H2,1-4H3,(H,13,14). The van der Waals surface area contributed by atoms with E-state index in [1.807, 2.05) is 37.3 Å². The first-order valence-corrected chi connectivity index (χ1v) is 5.54. The number of hydrogen-bond donors (Lipinski definition) is 1. The zero-order valence-corrected chi connectivity index (χ0v) is 10.9. The van der Waals surface area contributed by atoms with Gasteiger partial charge in [-0.05, 0) is 18.7 Å². The van der Waals surface area contributed by atoms with Crippen molar-refractivity contribution in [2.75, 3.05) is 40.1 Å². The molecule has 1 aromatic rings. The van der Waals surface area contributed by atoms with Crippen LogP contribution in [-0.2, 0) is 11.3 Å². The van der Waals surface area contributed by atoms with Crippen molar-refractivity contribution in [3.05, 3.63) is 23.9 Å². The molecular formula is C12H20N4O. The van der Waals surface area contributed by atoms with Gasteiger partial charge in [0.15, 0.2) is 0 Å². The molecule has 0 aromatic carbocycles. The average molecular weight is 236 g/mol. The summed E-state index contributed by atoms with van der Waals surface area (Å²) < 4.78 is 0. The third-order valence-electron chi connectivity index (χ3n) is 2.44. The Morgan fingerprint density at radius 2 is 2.06 bits per heavy atom. The molecule has 1 amide bonds. The molecule has 1 aromatic heterocycles. The van der Waals surface area contributed by atoms with E-state index in [9.17, 15) is 4.79 Å². The zero-order chi connectivity index (χ0) is 12.8. The van der Waals surface area contributed by atoms with Crippen LogP contribution >= 0.6 is 0 Å². The number of nitrogens with zero attached hydrogens (tertiary/aromatic N) is 3. The summed E-state index contributed by atoms with van der Waals surface area (Å²) in [6.45, 7) is 1.14. The minimum absolute atomic E-state index is 0.104. The van der Waals surface area contributed by atoms with Gasteiger partial charge in [-0.2, -0.15) is 0 Å². The number of likely N-dealkylation sites (N-methyl/N-ethyl adjacent to an activating group) is 2. The van der Waals surface area contributed by atoms with Crippen LogP contribution in [0.5, 0.6) is 0 Å². The SMILES string of the molecule is CNc1ccc(CN(C)CC(=O)N(C)C)cn1. The molecule has 0 saturated carbocycles. The number of pyridine rings is 1. The molecule has 5 heteroatoms. The molecule has 5 nitrogen and oxygen atoms in total. The van der Waals surface area contributed by atoms with Crippen molar-refractivity contribution in [2.24, 2.45) is 0 Å². The molecule has 1 N–H and O–H groups in total. The number of nitrogens with one attached hydrogen (secondary N) is 1.